The van der Waals surface area contributed by atoms with Gasteiger partial charge in [-0.1, -0.05) is 23.2 Å². The first-order valence-electron chi connectivity index (χ1n) is 12.1. The number of ether oxygens (including phenoxy) is 2. The third kappa shape index (κ3) is 5.75. The fourth-order valence-electron chi connectivity index (χ4n) is 4.64. The van der Waals surface area contributed by atoms with Gasteiger partial charge in [0.05, 0.1) is 40.8 Å². The average molecular weight is 591 g/mol. The van der Waals surface area contributed by atoms with E-state index >= 15 is 0 Å². The van der Waals surface area contributed by atoms with Crippen molar-refractivity contribution >= 4 is 64.0 Å². The average Bonchev–Trinajstić information content (AvgIpc) is 3.37. The Morgan fingerprint density at radius 2 is 2.00 bits per heavy atom. The number of hydrogen-bond donors (Lipinski definition) is 1. The number of rotatable bonds is 7. The molecular formula is C27H26Cl3N5O4. The van der Waals surface area contributed by atoms with E-state index in [1.807, 2.05) is 6.07 Å². The number of benzene rings is 1. The van der Waals surface area contributed by atoms with Crippen LogP contribution < -0.4 is 20.8 Å². The summed E-state index contributed by atoms with van der Waals surface area (Å²) in [7, 11) is 0. The Morgan fingerprint density at radius 1 is 1.18 bits per heavy atom. The highest BCUT2D eigenvalue weighted by Gasteiger charge is 2.29. The molecule has 4 heterocycles. The number of fused-ring (bicyclic) bond motifs is 1. The van der Waals surface area contributed by atoms with Crippen molar-refractivity contribution in [1.82, 2.24) is 14.5 Å². The molecule has 0 amide bonds. The van der Waals surface area contributed by atoms with Crippen molar-refractivity contribution in [3.63, 3.8) is 0 Å². The van der Waals surface area contributed by atoms with E-state index in [1.54, 1.807) is 54.2 Å². The SMILES string of the molecule is CCOC(=O)c1cn(-c2ccc(N)nc2)c2cc(N3CCC[C@@H]3COc3ncccc3Cl)c(Cl)cc2c1=O.Cl. The van der Waals surface area contributed by atoms with E-state index in [0.717, 1.165) is 25.1 Å². The molecule has 1 aliphatic heterocycles. The molecule has 0 bridgehead atoms. The molecule has 1 atom stereocenters. The highest BCUT2D eigenvalue weighted by atomic mass is 35.5. The van der Waals surface area contributed by atoms with Crippen LogP contribution in [0.2, 0.25) is 10.0 Å². The molecule has 1 saturated heterocycles. The molecule has 0 saturated carbocycles. The largest absolute Gasteiger partial charge is 0.474 e. The van der Waals surface area contributed by atoms with Crippen molar-refractivity contribution in [3.8, 4) is 11.6 Å². The summed E-state index contributed by atoms with van der Waals surface area (Å²) in [5, 5.41) is 1.12. The predicted molar refractivity (Wildman–Crippen MR) is 155 cm³/mol. The van der Waals surface area contributed by atoms with Gasteiger partial charge in [-0.3, -0.25) is 4.79 Å². The Labute approximate surface area is 240 Å². The molecule has 0 spiro atoms. The van der Waals surface area contributed by atoms with E-state index in [2.05, 4.69) is 14.9 Å². The van der Waals surface area contributed by atoms with E-state index in [-0.39, 0.29) is 36.0 Å². The summed E-state index contributed by atoms with van der Waals surface area (Å²) in [6, 6.07) is 10.4. The monoisotopic (exact) mass is 589 g/mol. The van der Waals surface area contributed by atoms with Gasteiger partial charge in [0, 0.05) is 24.3 Å². The normalized spacial score (nSPS) is 14.7. The summed E-state index contributed by atoms with van der Waals surface area (Å²) < 4.78 is 12.8. The van der Waals surface area contributed by atoms with Crippen LogP contribution in [0.15, 0.2) is 59.8 Å². The number of aromatic nitrogens is 3. The van der Waals surface area contributed by atoms with Gasteiger partial charge < -0.3 is 24.7 Å². The van der Waals surface area contributed by atoms with Crippen LogP contribution in [0, 0.1) is 0 Å². The minimum Gasteiger partial charge on any atom is -0.474 e. The number of pyridine rings is 3. The summed E-state index contributed by atoms with van der Waals surface area (Å²) in [5.74, 6) is 0.0184. The third-order valence-electron chi connectivity index (χ3n) is 6.44. The zero-order chi connectivity index (χ0) is 26.8. The van der Waals surface area contributed by atoms with Crippen molar-refractivity contribution in [2.45, 2.75) is 25.8 Å². The Hall–Kier alpha value is -3.53. The number of carbonyl (C=O) groups is 1. The lowest BCUT2D eigenvalue weighted by molar-refractivity contribution is 0.0524. The third-order valence-corrected chi connectivity index (χ3v) is 7.03. The van der Waals surface area contributed by atoms with E-state index in [9.17, 15) is 9.59 Å². The van der Waals surface area contributed by atoms with Crippen molar-refractivity contribution < 1.29 is 14.3 Å². The van der Waals surface area contributed by atoms with Gasteiger partial charge in [0.15, 0.2) is 0 Å². The Bertz CT molecular complexity index is 1560. The molecule has 204 valence electrons. The van der Waals surface area contributed by atoms with Crippen molar-refractivity contribution in [1.29, 1.82) is 0 Å². The van der Waals surface area contributed by atoms with E-state index < -0.39 is 11.4 Å². The minimum absolute atomic E-state index is 0. The van der Waals surface area contributed by atoms with E-state index in [4.69, 9.17) is 38.4 Å². The summed E-state index contributed by atoms with van der Waals surface area (Å²) in [6.07, 6.45) is 6.50. The number of anilines is 2. The molecule has 9 nitrogen and oxygen atoms in total. The molecular weight excluding hydrogens is 565 g/mol. The second-order valence-corrected chi connectivity index (χ2v) is 9.63. The van der Waals surface area contributed by atoms with Gasteiger partial charge in [0.25, 0.3) is 0 Å². The molecule has 39 heavy (non-hydrogen) atoms. The first-order chi connectivity index (χ1) is 18.4. The Balaban J connectivity index is 0.00000353. The predicted octanol–water partition coefficient (Wildman–Crippen LogP) is 5.32. The van der Waals surface area contributed by atoms with Crippen molar-refractivity contribution in [2.75, 3.05) is 30.4 Å². The molecule has 1 aromatic carbocycles. The van der Waals surface area contributed by atoms with E-state index in [1.165, 1.54) is 6.20 Å². The van der Waals surface area contributed by atoms with Crippen LogP contribution in [-0.4, -0.2) is 46.3 Å². The maximum absolute atomic E-state index is 13.4. The number of hydrogen-bond acceptors (Lipinski definition) is 8. The maximum Gasteiger partial charge on any atom is 0.343 e. The summed E-state index contributed by atoms with van der Waals surface area (Å²) in [5.41, 5.74) is 7.16. The molecule has 0 unspecified atom stereocenters. The van der Waals surface area contributed by atoms with Gasteiger partial charge in [-0.25, -0.2) is 14.8 Å². The zero-order valence-corrected chi connectivity index (χ0v) is 23.3. The first-order valence-corrected chi connectivity index (χ1v) is 12.9. The first kappa shape index (κ1) is 28.5. The van der Waals surface area contributed by atoms with Gasteiger partial charge >= 0.3 is 5.97 Å². The molecule has 0 aliphatic carbocycles. The molecule has 12 heteroatoms. The second-order valence-electron chi connectivity index (χ2n) is 8.82. The van der Waals surface area contributed by atoms with E-state index in [0.29, 0.717) is 39.6 Å². The maximum atomic E-state index is 13.4. The summed E-state index contributed by atoms with van der Waals surface area (Å²) >= 11 is 13.0. The van der Waals surface area contributed by atoms with Crippen LogP contribution in [-0.2, 0) is 4.74 Å². The standard InChI is InChI=1S/C27H25Cl2N5O4.ClH/c1-2-37-27(36)19-14-34(16-7-8-24(30)32-13-16)22-12-23(21(29)11-18(22)25(19)35)33-10-4-5-17(33)15-38-26-20(28)6-3-9-31-26;/h3,6-9,11-14,17H,2,4-5,10,15H2,1H3,(H2,30,32);1H/t17-;/m1./s1. The molecule has 4 aromatic rings. The van der Waals surface area contributed by atoms with Crippen LogP contribution >= 0.6 is 35.6 Å². The fourth-order valence-corrected chi connectivity index (χ4v) is 5.09. The Kier molecular flexibility index (Phi) is 8.84. The number of nitrogens with zero attached hydrogens (tertiary/aromatic N) is 4. The smallest absolute Gasteiger partial charge is 0.343 e. The van der Waals surface area contributed by atoms with Gasteiger partial charge in [0.1, 0.15) is 23.0 Å². The highest BCUT2D eigenvalue weighted by Crippen LogP contribution is 2.36. The molecule has 5 rings (SSSR count). The van der Waals surface area contributed by atoms with Gasteiger partial charge in [-0.2, -0.15) is 0 Å². The number of nitrogens with two attached hydrogens (primary N) is 1. The van der Waals surface area contributed by atoms with Crippen molar-refractivity contribution in [3.05, 3.63) is 80.8 Å². The quantitative estimate of drug-likeness (QED) is 0.288. The summed E-state index contributed by atoms with van der Waals surface area (Å²) in [6.45, 7) is 2.94. The lowest BCUT2D eigenvalue weighted by atomic mass is 10.1. The lowest BCUT2D eigenvalue weighted by Gasteiger charge is -2.28. The topological polar surface area (TPSA) is 113 Å². The van der Waals surface area contributed by atoms with Crippen LogP contribution in [0.3, 0.4) is 0 Å². The van der Waals surface area contributed by atoms with Crippen LogP contribution in [0.5, 0.6) is 5.88 Å². The van der Waals surface area contributed by atoms with Crippen LogP contribution in [0.4, 0.5) is 11.5 Å². The van der Waals surface area contributed by atoms with Crippen molar-refractivity contribution in [2.24, 2.45) is 0 Å². The molecule has 2 N–H and O–H groups in total. The highest BCUT2D eigenvalue weighted by molar-refractivity contribution is 6.34. The molecule has 1 fully saturated rings. The Morgan fingerprint density at radius 3 is 2.72 bits per heavy atom. The van der Waals surface area contributed by atoms with Gasteiger partial charge in [-0.15, -0.1) is 12.4 Å². The van der Waals surface area contributed by atoms with Crippen LogP contribution in [0.25, 0.3) is 16.6 Å². The minimum atomic E-state index is -0.707. The molecule has 3 aromatic heterocycles. The van der Waals surface area contributed by atoms with Gasteiger partial charge in [0.2, 0.25) is 11.3 Å². The van der Waals surface area contributed by atoms with Crippen LogP contribution in [0.1, 0.15) is 30.1 Å². The number of carbonyl (C=O) groups excluding carboxylic acids is 1. The zero-order valence-electron chi connectivity index (χ0n) is 21.0. The molecule has 1 aliphatic rings. The summed E-state index contributed by atoms with van der Waals surface area (Å²) in [4.78, 5) is 36.5. The lowest BCUT2D eigenvalue weighted by Crippen LogP contribution is -2.34. The number of esters is 1. The fraction of sp³-hybridized carbons (Fsp3) is 0.259. The second kappa shape index (κ2) is 12.1. The molecule has 0 radical (unpaired) electrons. The number of nitrogen functional groups attached to an aromatic ring is 1. The van der Waals surface area contributed by atoms with Gasteiger partial charge in [-0.05, 0) is 56.2 Å². The number of halogens is 3.